The molecule has 0 aliphatic carbocycles. The zero-order chi connectivity index (χ0) is 13.4. The molecule has 2 heterocycles. The summed E-state index contributed by atoms with van der Waals surface area (Å²) in [7, 11) is 0. The number of hydrogen-bond donors (Lipinski definition) is 1. The van der Waals surface area contributed by atoms with Gasteiger partial charge < -0.3 is 20.1 Å². The first kappa shape index (κ1) is 13.1. The van der Waals surface area contributed by atoms with Crippen LogP contribution >= 0.6 is 0 Å². The van der Waals surface area contributed by atoms with Crippen molar-refractivity contribution in [2.75, 3.05) is 26.3 Å². The van der Waals surface area contributed by atoms with Gasteiger partial charge in [0.1, 0.15) is 23.6 Å². The third kappa shape index (κ3) is 2.93. The van der Waals surface area contributed by atoms with Crippen molar-refractivity contribution in [2.24, 2.45) is 10.7 Å². The highest BCUT2D eigenvalue weighted by Crippen LogP contribution is 2.29. The molecule has 1 atom stereocenters. The molecule has 0 bridgehead atoms. The van der Waals surface area contributed by atoms with Crippen LogP contribution in [0.25, 0.3) is 0 Å². The highest BCUT2D eigenvalue weighted by molar-refractivity contribution is 5.82. The Morgan fingerprint density at radius 1 is 1.56 bits per heavy atom. The van der Waals surface area contributed by atoms with Crippen molar-refractivity contribution < 1.29 is 14.3 Å². The summed E-state index contributed by atoms with van der Waals surface area (Å²) in [5.41, 5.74) is 4.87. The molecule has 0 radical (unpaired) electrons. The molecule has 2 aliphatic heterocycles. The first-order valence-electron chi connectivity index (χ1n) is 6.20. The number of amidine groups is 1. The van der Waals surface area contributed by atoms with Gasteiger partial charge in [-0.15, -0.1) is 0 Å². The van der Waals surface area contributed by atoms with Gasteiger partial charge in [-0.3, -0.25) is 4.99 Å². The molecule has 0 aromatic carbocycles. The maximum absolute atomic E-state index is 12.0. The van der Waals surface area contributed by atoms with E-state index in [1.807, 2.05) is 20.8 Å². The maximum atomic E-state index is 12.0. The van der Waals surface area contributed by atoms with E-state index in [1.54, 1.807) is 4.90 Å². The molecule has 102 valence electrons. The van der Waals surface area contributed by atoms with Crippen LogP contribution in [0.4, 0.5) is 4.79 Å². The molecular weight excluding hydrogens is 234 g/mol. The summed E-state index contributed by atoms with van der Waals surface area (Å²) < 4.78 is 10.8. The van der Waals surface area contributed by atoms with E-state index in [-0.39, 0.29) is 11.6 Å². The molecule has 6 heteroatoms. The van der Waals surface area contributed by atoms with Crippen LogP contribution < -0.4 is 5.73 Å². The van der Waals surface area contributed by atoms with E-state index in [1.165, 1.54) is 0 Å². The minimum Gasteiger partial charge on any atom is -0.444 e. The van der Waals surface area contributed by atoms with Crippen molar-refractivity contribution in [1.29, 1.82) is 0 Å². The van der Waals surface area contributed by atoms with Gasteiger partial charge in [0.2, 0.25) is 0 Å². The second-order valence-corrected chi connectivity index (χ2v) is 5.97. The number of amides is 1. The third-order valence-electron chi connectivity index (χ3n) is 2.99. The molecule has 0 aromatic rings. The fourth-order valence-corrected chi connectivity index (χ4v) is 2.26. The average Bonchev–Trinajstić information content (AvgIpc) is 2.59. The Balaban J connectivity index is 2.00. The van der Waals surface area contributed by atoms with Crippen molar-refractivity contribution >= 4 is 11.9 Å². The van der Waals surface area contributed by atoms with E-state index < -0.39 is 5.60 Å². The standard InChI is InChI=1S/C12H21N3O3/c1-11(2,3)18-10(16)15-5-4-12(7-15)8-17-6-9(13)14-12/h4-8H2,1-3H3,(H2,13,14). The normalized spacial score (nSPS) is 28.4. The third-order valence-corrected chi connectivity index (χ3v) is 2.99. The van der Waals surface area contributed by atoms with Crippen LogP contribution in [0.5, 0.6) is 0 Å². The van der Waals surface area contributed by atoms with Crippen molar-refractivity contribution in [3.63, 3.8) is 0 Å². The van der Waals surface area contributed by atoms with Crippen LogP contribution in [-0.2, 0) is 9.47 Å². The Bertz CT molecular complexity index is 375. The number of aliphatic imine (C=N–C) groups is 1. The zero-order valence-corrected chi connectivity index (χ0v) is 11.2. The Labute approximate surface area is 107 Å². The van der Waals surface area contributed by atoms with Gasteiger partial charge in [0, 0.05) is 6.54 Å². The molecule has 2 aliphatic rings. The van der Waals surface area contributed by atoms with Gasteiger partial charge in [-0.05, 0) is 27.2 Å². The summed E-state index contributed by atoms with van der Waals surface area (Å²) in [6.45, 7) is 7.63. The number of carbonyl (C=O) groups is 1. The minimum atomic E-state index is -0.474. The van der Waals surface area contributed by atoms with E-state index in [0.29, 0.717) is 32.1 Å². The van der Waals surface area contributed by atoms with Crippen LogP contribution in [0, 0.1) is 0 Å². The van der Waals surface area contributed by atoms with Gasteiger partial charge in [-0.2, -0.15) is 0 Å². The zero-order valence-electron chi connectivity index (χ0n) is 11.2. The Hall–Kier alpha value is -1.30. The second-order valence-electron chi connectivity index (χ2n) is 5.97. The Kier molecular flexibility index (Phi) is 3.23. The molecule has 0 saturated carbocycles. The lowest BCUT2D eigenvalue weighted by molar-refractivity contribution is 0.0265. The monoisotopic (exact) mass is 255 g/mol. The van der Waals surface area contributed by atoms with E-state index in [2.05, 4.69) is 4.99 Å². The highest BCUT2D eigenvalue weighted by Gasteiger charge is 2.43. The number of rotatable bonds is 0. The van der Waals surface area contributed by atoms with Crippen molar-refractivity contribution in [1.82, 2.24) is 4.90 Å². The van der Waals surface area contributed by atoms with Gasteiger partial charge in [0.25, 0.3) is 0 Å². The molecule has 1 unspecified atom stereocenters. The lowest BCUT2D eigenvalue weighted by Crippen LogP contribution is -2.45. The number of hydrogen-bond acceptors (Lipinski definition) is 5. The number of carbonyl (C=O) groups excluding carboxylic acids is 1. The van der Waals surface area contributed by atoms with Gasteiger partial charge >= 0.3 is 6.09 Å². The maximum Gasteiger partial charge on any atom is 0.410 e. The van der Waals surface area contributed by atoms with Crippen molar-refractivity contribution in [2.45, 2.75) is 38.3 Å². The largest absolute Gasteiger partial charge is 0.444 e. The summed E-state index contributed by atoms with van der Waals surface area (Å²) in [6, 6.07) is 0. The lowest BCUT2D eigenvalue weighted by atomic mass is 10.0. The molecule has 1 fully saturated rings. The lowest BCUT2D eigenvalue weighted by Gasteiger charge is -2.30. The predicted octanol–water partition coefficient (Wildman–Crippen LogP) is 0.753. The van der Waals surface area contributed by atoms with Crippen LogP contribution in [0.3, 0.4) is 0 Å². The first-order chi connectivity index (χ1) is 8.30. The summed E-state index contributed by atoms with van der Waals surface area (Å²) in [5, 5.41) is 0. The van der Waals surface area contributed by atoms with Crippen molar-refractivity contribution in [3.8, 4) is 0 Å². The van der Waals surface area contributed by atoms with Crippen LogP contribution in [0.1, 0.15) is 27.2 Å². The van der Waals surface area contributed by atoms with E-state index in [0.717, 1.165) is 6.42 Å². The fraction of sp³-hybridized carbons (Fsp3) is 0.833. The topological polar surface area (TPSA) is 77.1 Å². The summed E-state index contributed by atoms with van der Waals surface area (Å²) in [6.07, 6.45) is 0.478. The van der Waals surface area contributed by atoms with E-state index in [9.17, 15) is 4.79 Å². The van der Waals surface area contributed by atoms with Crippen LogP contribution in [0.2, 0.25) is 0 Å². The fourth-order valence-electron chi connectivity index (χ4n) is 2.26. The smallest absolute Gasteiger partial charge is 0.410 e. The minimum absolute atomic E-state index is 0.293. The van der Waals surface area contributed by atoms with E-state index >= 15 is 0 Å². The highest BCUT2D eigenvalue weighted by atomic mass is 16.6. The van der Waals surface area contributed by atoms with Gasteiger partial charge in [-0.1, -0.05) is 0 Å². The van der Waals surface area contributed by atoms with Crippen LogP contribution in [-0.4, -0.2) is 54.3 Å². The molecule has 6 nitrogen and oxygen atoms in total. The number of nitrogens with zero attached hydrogens (tertiary/aromatic N) is 2. The average molecular weight is 255 g/mol. The first-order valence-corrected chi connectivity index (χ1v) is 6.20. The quantitative estimate of drug-likeness (QED) is 0.693. The summed E-state index contributed by atoms with van der Waals surface area (Å²) in [4.78, 5) is 18.1. The molecule has 2 rings (SSSR count). The van der Waals surface area contributed by atoms with Crippen LogP contribution in [0.15, 0.2) is 4.99 Å². The molecular formula is C12H21N3O3. The molecule has 1 saturated heterocycles. The molecule has 0 aromatic heterocycles. The summed E-state index contributed by atoms with van der Waals surface area (Å²) in [5.74, 6) is 0.507. The predicted molar refractivity (Wildman–Crippen MR) is 67.6 cm³/mol. The number of ether oxygens (including phenoxy) is 2. The second kappa shape index (κ2) is 4.42. The molecule has 1 spiro atoms. The number of likely N-dealkylation sites (tertiary alicyclic amines) is 1. The number of nitrogens with two attached hydrogens (primary N) is 1. The Morgan fingerprint density at radius 2 is 2.28 bits per heavy atom. The molecule has 1 amide bonds. The summed E-state index contributed by atoms with van der Waals surface area (Å²) >= 11 is 0. The Morgan fingerprint density at radius 3 is 2.89 bits per heavy atom. The molecule has 2 N–H and O–H groups in total. The van der Waals surface area contributed by atoms with Gasteiger partial charge in [0.15, 0.2) is 0 Å². The van der Waals surface area contributed by atoms with Crippen molar-refractivity contribution in [3.05, 3.63) is 0 Å². The van der Waals surface area contributed by atoms with E-state index in [4.69, 9.17) is 15.2 Å². The van der Waals surface area contributed by atoms with Gasteiger partial charge in [-0.25, -0.2) is 4.79 Å². The van der Waals surface area contributed by atoms with Gasteiger partial charge in [0.05, 0.1) is 13.2 Å². The molecule has 18 heavy (non-hydrogen) atoms. The SMILES string of the molecule is CC(C)(C)OC(=O)N1CCC2(COCC(N)=N2)C1.